The summed E-state index contributed by atoms with van der Waals surface area (Å²) in [5.74, 6) is 1.20. The van der Waals surface area contributed by atoms with E-state index < -0.39 is 0 Å². The van der Waals surface area contributed by atoms with E-state index in [-0.39, 0.29) is 5.91 Å². The second kappa shape index (κ2) is 7.80. The number of aromatic nitrogens is 2. The Morgan fingerprint density at radius 2 is 1.89 bits per heavy atom. The van der Waals surface area contributed by atoms with Crippen LogP contribution < -0.4 is 9.64 Å². The van der Waals surface area contributed by atoms with Crippen molar-refractivity contribution in [1.29, 1.82) is 0 Å². The third kappa shape index (κ3) is 3.66. The fourth-order valence-electron chi connectivity index (χ4n) is 3.21. The predicted molar refractivity (Wildman–Crippen MR) is 107 cm³/mol. The molecule has 2 heterocycles. The summed E-state index contributed by atoms with van der Waals surface area (Å²) in [6.45, 7) is 0.747. The second-order valence-electron chi connectivity index (χ2n) is 6.17. The smallest absolute Gasteiger partial charge is 0.237 e. The van der Waals surface area contributed by atoms with Crippen LogP contribution in [0.25, 0.3) is 11.3 Å². The minimum Gasteiger partial charge on any atom is -0.496 e. The fourth-order valence-corrected chi connectivity index (χ4v) is 3.90. The zero-order chi connectivity index (χ0) is 18.6. The molecule has 27 heavy (non-hydrogen) atoms. The Morgan fingerprint density at radius 1 is 1.07 bits per heavy atom. The van der Waals surface area contributed by atoms with Crippen molar-refractivity contribution in [1.82, 2.24) is 10.2 Å². The summed E-state index contributed by atoms with van der Waals surface area (Å²) in [6, 6.07) is 19.6. The van der Waals surface area contributed by atoms with Gasteiger partial charge in [-0.25, -0.2) is 0 Å². The second-order valence-corrected chi connectivity index (χ2v) is 7.17. The molecule has 0 fully saturated rings. The van der Waals surface area contributed by atoms with Gasteiger partial charge in [0.1, 0.15) is 10.8 Å². The van der Waals surface area contributed by atoms with Crippen LogP contribution in [-0.2, 0) is 11.2 Å². The van der Waals surface area contributed by atoms with Gasteiger partial charge in [-0.15, -0.1) is 10.2 Å². The van der Waals surface area contributed by atoms with E-state index in [0.29, 0.717) is 5.75 Å². The van der Waals surface area contributed by atoms with Crippen molar-refractivity contribution in [2.75, 3.05) is 24.3 Å². The Balaban J connectivity index is 1.42. The van der Waals surface area contributed by atoms with Gasteiger partial charge >= 0.3 is 0 Å². The Kier molecular flexibility index (Phi) is 5.07. The van der Waals surface area contributed by atoms with E-state index >= 15 is 0 Å². The number of carbonyl (C=O) groups is 1. The molecule has 2 aromatic carbocycles. The van der Waals surface area contributed by atoms with Crippen LogP contribution in [0.3, 0.4) is 0 Å². The largest absolute Gasteiger partial charge is 0.496 e. The van der Waals surface area contributed by atoms with E-state index in [1.54, 1.807) is 7.11 Å². The van der Waals surface area contributed by atoms with Crippen LogP contribution >= 0.6 is 11.8 Å². The van der Waals surface area contributed by atoms with Crippen molar-refractivity contribution in [3.8, 4) is 17.0 Å². The summed E-state index contributed by atoms with van der Waals surface area (Å²) in [6.07, 6.45) is 0.917. The number of thioether (sulfide) groups is 1. The molecule has 1 aliphatic heterocycles. The summed E-state index contributed by atoms with van der Waals surface area (Å²) in [7, 11) is 1.64. The molecule has 0 saturated carbocycles. The molecule has 0 N–H and O–H groups in total. The van der Waals surface area contributed by atoms with Gasteiger partial charge in [0, 0.05) is 17.8 Å². The summed E-state index contributed by atoms with van der Waals surface area (Å²) in [5.41, 5.74) is 3.91. The van der Waals surface area contributed by atoms with Gasteiger partial charge in [0.15, 0.2) is 0 Å². The number of ether oxygens (including phenoxy) is 1. The first kappa shape index (κ1) is 17.5. The highest BCUT2D eigenvalue weighted by molar-refractivity contribution is 7.99. The first-order valence-corrected chi connectivity index (χ1v) is 9.73. The number of methoxy groups -OCH3 is 1. The molecular weight excluding hydrogens is 358 g/mol. The fraction of sp³-hybridized carbons (Fsp3) is 0.190. The van der Waals surface area contributed by atoms with Gasteiger partial charge in [-0.05, 0) is 42.3 Å². The molecule has 0 aliphatic carbocycles. The first-order chi connectivity index (χ1) is 13.3. The molecule has 1 amide bonds. The lowest BCUT2D eigenvalue weighted by Gasteiger charge is -2.16. The molecule has 0 atom stereocenters. The average molecular weight is 377 g/mol. The Labute approximate surface area is 162 Å². The zero-order valence-corrected chi connectivity index (χ0v) is 15.8. The summed E-state index contributed by atoms with van der Waals surface area (Å²) < 4.78 is 5.37. The first-order valence-electron chi connectivity index (χ1n) is 8.74. The topological polar surface area (TPSA) is 55.3 Å². The minimum absolute atomic E-state index is 0.0977. The van der Waals surface area contributed by atoms with E-state index in [1.165, 1.54) is 17.3 Å². The molecule has 4 rings (SSSR count). The van der Waals surface area contributed by atoms with Gasteiger partial charge in [0.25, 0.3) is 0 Å². The number of hydrogen-bond acceptors (Lipinski definition) is 5. The van der Waals surface area contributed by atoms with Crippen LogP contribution in [0.4, 0.5) is 5.69 Å². The summed E-state index contributed by atoms with van der Waals surface area (Å²) in [4.78, 5) is 14.5. The van der Waals surface area contributed by atoms with Crippen LogP contribution in [0.5, 0.6) is 5.75 Å². The van der Waals surface area contributed by atoms with Crippen molar-refractivity contribution in [2.24, 2.45) is 0 Å². The number of amides is 1. The zero-order valence-electron chi connectivity index (χ0n) is 15.0. The number of nitrogens with zero attached hydrogens (tertiary/aromatic N) is 3. The minimum atomic E-state index is 0.0977. The highest BCUT2D eigenvalue weighted by Gasteiger charge is 2.24. The van der Waals surface area contributed by atoms with Crippen molar-refractivity contribution in [2.45, 2.75) is 11.4 Å². The normalized spacial score (nSPS) is 12.7. The van der Waals surface area contributed by atoms with Crippen LogP contribution in [0.2, 0.25) is 0 Å². The van der Waals surface area contributed by atoms with Crippen LogP contribution in [0.15, 0.2) is 65.7 Å². The van der Waals surface area contributed by atoms with Gasteiger partial charge in [0.2, 0.25) is 5.91 Å². The molecule has 5 nitrogen and oxygen atoms in total. The van der Waals surface area contributed by atoms with Gasteiger partial charge in [0.05, 0.1) is 18.6 Å². The van der Waals surface area contributed by atoms with Crippen LogP contribution in [-0.4, -0.2) is 35.5 Å². The van der Waals surface area contributed by atoms with Crippen molar-refractivity contribution in [3.63, 3.8) is 0 Å². The molecule has 3 aromatic rings. The number of anilines is 1. The predicted octanol–water partition coefficient (Wildman–Crippen LogP) is 3.83. The van der Waals surface area contributed by atoms with Crippen molar-refractivity contribution < 1.29 is 9.53 Å². The molecule has 0 radical (unpaired) electrons. The number of rotatable bonds is 5. The molecule has 1 aromatic heterocycles. The third-order valence-electron chi connectivity index (χ3n) is 4.55. The molecule has 136 valence electrons. The Hall–Kier alpha value is -2.86. The third-order valence-corrected chi connectivity index (χ3v) is 5.46. The summed E-state index contributed by atoms with van der Waals surface area (Å²) in [5, 5.41) is 9.28. The van der Waals surface area contributed by atoms with E-state index in [9.17, 15) is 4.79 Å². The Bertz CT molecular complexity index is 960. The van der Waals surface area contributed by atoms with E-state index in [2.05, 4.69) is 16.3 Å². The van der Waals surface area contributed by atoms with E-state index in [0.717, 1.165) is 40.7 Å². The number of para-hydroxylation sites is 2. The number of fused-ring (bicyclic) bond motifs is 1. The van der Waals surface area contributed by atoms with Crippen LogP contribution in [0, 0.1) is 0 Å². The standard InChI is InChI=1S/C21H19N3O2S/c1-26-19-9-5-3-7-16(19)17-10-11-20(23-22-17)27-14-21(25)24-13-12-15-6-2-4-8-18(15)24/h2-11H,12-14H2,1H3. The van der Waals surface area contributed by atoms with E-state index in [4.69, 9.17) is 4.74 Å². The highest BCUT2D eigenvalue weighted by atomic mass is 32.2. The van der Waals surface area contributed by atoms with E-state index in [1.807, 2.05) is 59.5 Å². The van der Waals surface area contributed by atoms with Gasteiger partial charge in [-0.3, -0.25) is 4.79 Å². The molecule has 0 unspecified atom stereocenters. The molecule has 6 heteroatoms. The van der Waals surface area contributed by atoms with Gasteiger partial charge in [-0.1, -0.05) is 42.1 Å². The maximum absolute atomic E-state index is 12.6. The molecule has 1 aliphatic rings. The maximum Gasteiger partial charge on any atom is 0.237 e. The maximum atomic E-state index is 12.6. The number of carbonyl (C=O) groups excluding carboxylic acids is 1. The van der Waals surface area contributed by atoms with Crippen LogP contribution in [0.1, 0.15) is 5.56 Å². The molecule has 0 bridgehead atoms. The Morgan fingerprint density at radius 3 is 2.70 bits per heavy atom. The summed E-state index contributed by atoms with van der Waals surface area (Å²) >= 11 is 1.41. The molecular formula is C21H19N3O2S. The lowest BCUT2D eigenvalue weighted by Crippen LogP contribution is -2.30. The molecule has 0 saturated heterocycles. The number of benzene rings is 2. The van der Waals surface area contributed by atoms with Gasteiger partial charge in [-0.2, -0.15) is 0 Å². The molecule has 0 spiro atoms. The monoisotopic (exact) mass is 377 g/mol. The quantitative estimate of drug-likeness (QED) is 0.633. The number of hydrogen-bond donors (Lipinski definition) is 0. The highest BCUT2D eigenvalue weighted by Crippen LogP contribution is 2.30. The van der Waals surface area contributed by atoms with Gasteiger partial charge < -0.3 is 9.64 Å². The average Bonchev–Trinajstić information content (AvgIpc) is 3.17. The van der Waals surface area contributed by atoms with Crippen molar-refractivity contribution in [3.05, 3.63) is 66.2 Å². The van der Waals surface area contributed by atoms with Crippen molar-refractivity contribution >= 4 is 23.4 Å². The SMILES string of the molecule is COc1ccccc1-c1ccc(SCC(=O)N2CCc3ccccc32)nn1. The lowest BCUT2D eigenvalue weighted by molar-refractivity contribution is -0.116. The lowest BCUT2D eigenvalue weighted by atomic mass is 10.1.